The molecule has 0 aromatic heterocycles. The van der Waals surface area contributed by atoms with E-state index in [0.29, 0.717) is 18.8 Å². The third-order valence-electron chi connectivity index (χ3n) is 3.74. The van der Waals surface area contributed by atoms with Gasteiger partial charge in [0.05, 0.1) is 5.69 Å². The Morgan fingerprint density at radius 1 is 1.16 bits per heavy atom. The molecule has 1 fully saturated rings. The van der Waals surface area contributed by atoms with Gasteiger partial charge in [-0.1, -0.05) is 6.07 Å². The molecule has 1 saturated heterocycles. The minimum atomic E-state index is -3.38. The highest BCUT2D eigenvalue weighted by molar-refractivity contribution is 7.90. The molecule has 2 N–H and O–H groups in total. The predicted octanol–water partition coefficient (Wildman–Crippen LogP) is 1.08. The lowest BCUT2D eigenvalue weighted by atomic mass is 10.0. The summed E-state index contributed by atoms with van der Waals surface area (Å²) in [5, 5.41) is 3.30. The van der Waals surface area contributed by atoms with Crippen LogP contribution in [0.4, 0.5) is 5.69 Å². The lowest BCUT2D eigenvalue weighted by Crippen LogP contribution is -2.33. The van der Waals surface area contributed by atoms with E-state index in [1.54, 1.807) is 0 Å². The molecular weight excluding hydrogens is 262 g/mol. The number of hydrogen-bond donors (Lipinski definition) is 2. The van der Waals surface area contributed by atoms with Crippen LogP contribution < -0.4 is 10.0 Å². The Morgan fingerprint density at radius 3 is 2.74 bits per heavy atom. The maximum absolute atomic E-state index is 12.2. The van der Waals surface area contributed by atoms with E-state index in [9.17, 15) is 8.42 Å². The minimum Gasteiger partial charge on any atom is -0.312 e. The summed E-state index contributed by atoms with van der Waals surface area (Å²) in [6.45, 7) is 3.06. The van der Waals surface area contributed by atoms with E-state index in [-0.39, 0.29) is 0 Å². The number of nitrogens with zero attached hydrogens (tertiary/aromatic N) is 1. The Kier molecular flexibility index (Phi) is 3.47. The van der Waals surface area contributed by atoms with Crippen molar-refractivity contribution in [3.63, 3.8) is 0 Å². The van der Waals surface area contributed by atoms with Crippen LogP contribution in [0.1, 0.15) is 24.0 Å². The molecule has 3 rings (SSSR count). The lowest BCUT2D eigenvalue weighted by molar-refractivity contribution is 0.482. The zero-order chi connectivity index (χ0) is 13.3. The Morgan fingerprint density at radius 2 is 1.95 bits per heavy atom. The van der Waals surface area contributed by atoms with Crippen molar-refractivity contribution in [1.29, 1.82) is 0 Å². The maximum Gasteiger partial charge on any atom is 0.301 e. The zero-order valence-electron chi connectivity index (χ0n) is 10.9. The van der Waals surface area contributed by atoms with E-state index < -0.39 is 10.2 Å². The van der Waals surface area contributed by atoms with Crippen molar-refractivity contribution in [3.05, 3.63) is 29.3 Å². The molecule has 0 amide bonds. The quantitative estimate of drug-likeness (QED) is 0.871. The van der Waals surface area contributed by atoms with Crippen molar-refractivity contribution in [2.45, 2.75) is 25.8 Å². The molecule has 0 spiro atoms. The Balaban J connectivity index is 1.79. The number of nitrogens with one attached hydrogen (secondary N) is 2. The summed E-state index contributed by atoms with van der Waals surface area (Å²) in [5.74, 6) is 0. The standard InChI is InChI=1S/C13H19N3O2S/c17-19(18,16-7-1-2-8-16)15-13-4-3-11-5-6-14-10-12(11)9-13/h3-4,9,14-15H,1-2,5-8,10H2. The maximum atomic E-state index is 12.2. The summed E-state index contributed by atoms with van der Waals surface area (Å²) in [4.78, 5) is 0. The van der Waals surface area contributed by atoms with Crippen LogP contribution in [0.3, 0.4) is 0 Å². The largest absolute Gasteiger partial charge is 0.312 e. The zero-order valence-corrected chi connectivity index (χ0v) is 11.7. The van der Waals surface area contributed by atoms with Crippen molar-refractivity contribution < 1.29 is 8.42 Å². The molecule has 0 atom stereocenters. The third kappa shape index (κ3) is 2.75. The number of rotatable bonds is 3. The first-order valence-electron chi connectivity index (χ1n) is 6.75. The van der Waals surface area contributed by atoms with Crippen LogP contribution >= 0.6 is 0 Å². The lowest BCUT2D eigenvalue weighted by Gasteiger charge is -2.20. The first kappa shape index (κ1) is 12.9. The van der Waals surface area contributed by atoms with Crippen LogP contribution in [-0.4, -0.2) is 32.4 Å². The Labute approximate surface area is 114 Å². The number of anilines is 1. The fourth-order valence-electron chi connectivity index (χ4n) is 2.69. The smallest absolute Gasteiger partial charge is 0.301 e. The molecule has 104 valence electrons. The topological polar surface area (TPSA) is 61.4 Å². The molecule has 1 aromatic rings. The molecule has 0 bridgehead atoms. The van der Waals surface area contributed by atoms with Crippen LogP contribution in [-0.2, 0) is 23.2 Å². The SMILES string of the molecule is O=S(=O)(Nc1ccc2c(c1)CNCC2)N1CCCC1. The first-order chi connectivity index (χ1) is 9.15. The van der Waals surface area contributed by atoms with Gasteiger partial charge in [-0.15, -0.1) is 0 Å². The normalized spacial score (nSPS) is 20.2. The van der Waals surface area contributed by atoms with Crippen molar-refractivity contribution in [2.75, 3.05) is 24.4 Å². The molecule has 1 aromatic carbocycles. The van der Waals surface area contributed by atoms with Gasteiger partial charge in [0.1, 0.15) is 0 Å². The van der Waals surface area contributed by atoms with E-state index in [0.717, 1.165) is 32.4 Å². The summed E-state index contributed by atoms with van der Waals surface area (Å²) in [5.41, 5.74) is 3.16. The second kappa shape index (κ2) is 5.11. The second-order valence-electron chi connectivity index (χ2n) is 5.12. The van der Waals surface area contributed by atoms with Crippen LogP contribution in [0, 0.1) is 0 Å². The number of hydrogen-bond acceptors (Lipinski definition) is 3. The van der Waals surface area contributed by atoms with Gasteiger partial charge < -0.3 is 5.32 Å². The van der Waals surface area contributed by atoms with Gasteiger partial charge in [-0.05, 0) is 49.1 Å². The highest BCUT2D eigenvalue weighted by atomic mass is 32.2. The number of fused-ring (bicyclic) bond motifs is 1. The average Bonchev–Trinajstić information content (AvgIpc) is 2.93. The van der Waals surface area contributed by atoms with E-state index in [2.05, 4.69) is 10.0 Å². The van der Waals surface area contributed by atoms with E-state index in [4.69, 9.17) is 0 Å². The molecular formula is C13H19N3O2S. The summed E-state index contributed by atoms with van der Waals surface area (Å²) in [6.07, 6.45) is 2.92. The molecule has 2 aliphatic heterocycles. The predicted molar refractivity (Wildman–Crippen MR) is 75.2 cm³/mol. The second-order valence-corrected chi connectivity index (χ2v) is 6.79. The van der Waals surface area contributed by atoms with Gasteiger partial charge in [0.25, 0.3) is 0 Å². The van der Waals surface area contributed by atoms with Gasteiger partial charge in [0.2, 0.25) is 0 Å². The van der Waals surface area contributed by atoms with E-state index in [1.165, 1.54) is 15.4 Å². The monoisotopic (exact) mass is 281 g/mol. The van der Waals surface area contributed by atoms with E-state index in [1.807, 2.05) is 18.2 Å². The molecule has 0 aliphatic carbocycles. The minimum absolute atomic E-state index is 0.627. The van der Waals surface area contributed by atoms with Gasteiger partial charge in [0.15, 0.2) is 0 Å². The van der Waals surface area contributed by atoms with Crippen molar-refractivity contribution in [1.82, 2.24) is 9.62 Å². The summed E-state index contributed by atoms with van der Waals surface area (Å²) >= 11 is 0. The highest BCUT2D eigenvalue weighted by Gasteiger charge is 2.25. The van der Waals surface area contributed by atoms with Crippen molar-refractivity contribution in [3.8, 4) is 0 Å². The molecule has 2 aliphatic rings. The van der Waals surface area contributed by atoms with Gasteiger partial charge in [0, 0.05) is 19.6 Å². The fourth-order valence-corrected chi connectivity index (χ4v) is 3.98. The third-order valence-corrected chi connectivity index (χ3v) is 5.28. The molecule has 0 radical (unpaired) electrons. The molecule has 5 nitrogen and oxygen atoms in total. The van der Waals surface area contributed by atoms with E-state index >= 15 is 0 Å². The molecule has 0 unspecified atom stereocenters. The fraction of sp³-hybridized carbons (Fsp3) is 0.538. The van der Waals surface area contributed by atoms with Crippen molar-refractivity contribution >= 4 is 15.9 Å². The van der Waals surface area contributed by atoms with Crippen molar-refractivity contribution in [2.24, 2.45) is 0 Å². The molecule has 19 heavy (non-hydrogen) atoms. The van der Waals surface area contributed by atoms with Crippen LogP contribution in [0.25, 0.3) is 0 Å². The summed E-state index contributed by atoms with van der Waals surface area (Å²) in [6, 6.07) is 5.82. The number of benzene rings is 1. The van der Waals surface area contributed by atoms with Crippen LogP contribution in [0.15, 0.2) is 18.2 Å². The van der Waals surface area contributed by atoms with Gasteiger partial charge >= 0.3 is 10.2 Å². The summed E-state index contributed by atoms with van der Waals surface area (Å²) < 4.78 is 28.5. The van der Waals surface area contributed by atoms with Gasteiger partial charge in [-0.25, -0.2) is 0 Å². The van der Waals surface area contributed by atoms with Gasteiger partial charge in [-0.2, -0.15) is 12.7 Å². The van der Waals surface area contributed by atoms with Gasteiger partial charge in [-0.3, -0.25) is 4.72 Å². The highest BCUT2D eigenvalue weighted by Crippen LogP contribution is 2.21. The molecule has 2 heterocycles. The first-order valence-corrected chi connectivity index (χ1v) is 8.19. The Hall–Kier alpha value is -1.11. The average molecular weight is 281 g/mol. The van der Waals surface area contributed by atoms with Crippen LogP contribution in [0.5, 0.6) is 0 Å². The molecule has 0 saturated carbocycles. The molecule has 6 heteroatoms. The summed E-state index contributed by atoms with van der Waals surface area (Å²) in [7, 11) is -3.38. The Bertz CT molecular complexity index is 565. The van der Waals surface area contributed by atoms with Crippen LogP contribution in [0.2, 0.25) is 0 Å².